The SMILES string of the molecule is COc1cc(OC)nc(CC(=O)[S-])n1. The van der Waals surface area contributed by atoms with Crippen LogP contribution in [-0.2, 0) is 23.8 Å². The summed E-state index contributed by atoms with van der Waals surface area (Å²) in [5.41, 5.74) is 0. The fourth-order valence-corrected chi connectivity index (χ4v) is 0.996. The molecule has 1 rings (SSSR count). The fourth-order valence-electron chi connectivity index (χ4n) is 0.867. The summed E-state index contributed by atoms with van der Waals surface area (Å²) in [7, 11) is 2.95. The molecule has 0 aliphatic carbocycles. The maximum absolute atomic E-state index is 10.7. The van der Waals surface area contributed by atoms with Gasteiger partial charge in [-0.2, -0.15) is 9.97 Å². The van der Waals surface area contributed by atoms with Crippen molar-refractivity contribution in [3.05, 3.63) is 11.9 Å². The van der Waals surface area contributed by atoms with E-state index in [2.05, 4.69) is 22.6 Å². The third kappa shape index (κ3) is 2.81. The van der Waals surface area contributed by atoms with Gasteiger partial charge in [0.1, 0.15) is 5.82 Å². The molecule has 1 heterocycles. The van der Waals surface area contributed by atoms with Gasteiger partial charge in [0.15, 0.2) is 0 Å². The first-order chi connectivity index (χ1) is 6.65. The summed E-state index contributed by atoms with van der Waals surface area (Å²) in [5.74, 6) is 1.01. The fraction of sp³-hybridized carbons (Fsp3) is 0.375. The lowest BCUT2D eigenvalue weighted by Gasteiger charge is -2.06. The maximum atomic E-state index is 10.7. The molecule has 0 bridgehead atoms. The van der Waals surface area contributed by atoms with Gasteiger partial charge in [0.2, 0.25) is 11.8 Å². The Bertz CT molecular complexity index is 321. The first-order valence-corrected chi connectivity index (χ1v) is 4.22. The van der Waals surface area contributed by atoms with Gasteiger partial charge in [-0.15, -0.1) is 0 Å². The van der Waals surface area contributed by atoms with Crippen LogP contribution in [0.2, 0.25) is 0 Å². The van der Waals surface area contributed by atoms with Crippen molar-refractivity contribution in [2.45, 2.75) is 6.42 Å². The molecule has 6 heteroatoms. The Morgan fingerprint density at radius 3 is 2.21 bits per heavy atom. The summed E-state index contributed by atoms with van der Waals surface area (Å²) in [6, 6.07) is 1.53. The predicted molar refractivity (Wildman–Crippen MR) is 51.2 cm³/mol. The van der Waals surface area contributed by atoms with Gasteiger partial charge in [-0.3, -0.25) is 0 Å². The van der Waals surface area contributed by atoms with Crippen LogP contribution >= 0.6 is 0 Å². The summed E-state index contributed by atoms with van der Waals surface area (Å²) in [6.07, 6.45) is 0.00287. The molecule has 76 valence electrons. The number of ether oxygens (including phenoxy) is 2. The quantitative estimate of drug-likeness (QED) is 0.661. The molecule has 0 saturated heterocycles. The number of nitrogens with zero attached hydrogens (tertiary/aromatic N) is 2. The summed E-state index contributed by atoms with van der Waals surface area (Å²) in [5, 5.41) is -0.416. The molecule has 0 N–H and O–H groups in total. The summed E-state index contributed by atoms with van der Waals surface area (Å²) >= 11 is 4.42. The Morgan fingerprint density at radius 1 is 1.36 bits per heavy atom. The molecule has 0 aliphatic heterocycles. The van der Waals surface area contributed by atoms with Crippen molar-refractivity contribution in [2.75, 3.05) is 14.2 Å². The number of hydrogen-bond donors (Lipinski definition) is 0. The van der Waals surface area contributed by atoms with E-state index >= 15 is 0 Å². The number of hydrogen-bond acceptors (Lipinski definition) is 6. The molecular formula is C8H9N2O3S-. The zero-order chi connectivity index (χ0) is 10.6. The standard InChI is InChI=1S/C8H10N2O3S/c1-12-6-4-7(13-2)10-5(9-6)3-8(11)14/h4H,3H2,1-2H3,(H,11,14)/p-1. The number of aromatic nitrogens is 2. The van der Waals surface area contributed by atoms with Gasteiger partial charge < -0.3 is 26.9 Å². The zero-order valence-electron chi connectivity index (χ0n) is 7.81. The van der Waals surface area contributed by atoms with E-state index in [1.165, 1.54) is 20.3 Å². The van der Waals surface area contributed by atoms with E-state index in [1.807, 2.05) is 0 Å². The second-order valence-corrected chi connectivity index (χ2v) is 2.87. The highest BCUT2D eigenvalue weighted by Gasteiger charge is 2.04. The molecule has 0 aliphatic rings. The number of methoxy groups -OCH3 is 2. The molecule has 0 amide bonds. The third-order valence-corrected chi connectivity index (χ3v) is 1.59. The highest BCUT2D eigenvalue weighted by molar-refractivity contribution is 7.77. The molecule has 1 aromatic rings. The number of rotatable bonds is 4. The third-order valence-electron chi connectivity index (χ3n) is 1.45. The average molecular weight is 213 g/mol. The Morgan fingerprint density at radius 2 is 1.86 bits per heavy atom. The summed E-state index contributed by atoms with van der Waals surface area (Å²) in [4.78, 5) is 18.5. The second-order valence-electron chi connectivity index (χ2n) is 2.42. The molecule has 14 heavy (non-hydrogen) atoms. The van der Waals surface area contributed by atoms with Crippen LogP contribution in [0.4, 0.5) is 0 Å². The molecule has 0 aromatic carbocycles. The van der Waals surface area contributed by atoms with Crippen molar-refractivity contribution in [1.82, 2.24) is 9.97 Å². The van der Waals surface area contributed by atoms with Crippen LogP contribution in [0, 0.1) is 0 Å². The maximum Gasteiger partial charge on any atom is 0.220 e. The molecular weight excluding hydrogens is 204 g/mol. The van der Waals surface area contributed by atoms with Crippen molar-refractivity contribution in [3.63, 3.8) is 0 Å². The van der Waals surface area contributed by atoms with Crippen LogP contribution in [0.15, 0.2) is 6.07 Å². The van der Waals surface area contributed by atoms with E-state index in [-0.39, 0.29) is 6.42 Å². The summed E-state index contributed by atoms with van der Waals surface area (Å²) in [6.45, 7) is 0. The lowest BCUT2D eigenvalue weighted by molar-refractivity contribution is -0.110. The largest absolute Gasteiger partial charge is 0.742 e. The normalized spacial score (nSPS) is 9.57. The minimum absolute atomic E-state index is 0.00287. The Balaban J connectivity index is 2.98. The van der Waals surface area contributed by atoms with Gasteiger partial charge >= 0.3 is 0 Å². The molecule has 0 saturated carbocycles. The minimum Gasteiger partial charge on any atom is -0.742 e. The lowest BCUT2D eigenvalue weighted by Crippen LogP contribution is -2.05. The van der Waals surface area contributed by atoms with Crippen LogP contribution in [-0.4, -0.2) is 29.3 Å². The average Bonchev–Trinajstić information content (AvgIpc) is 2.16. The smallest absolute Gasteiger partial charge is 0.220 e. The Hall–Kier alpha value is -1.43. The number of carbonyl (C=O) groups is 1. The summed E-state index contributed by atoms with van der Waals surface area (Å²) < 4.78 is 9.80. The van der Waals surface area contributed by atoms with Gasteiger partial charge in [-0.1, -0.05) is 0 Å². The van der Waals surface area contributed by atoms with Crippen molar-refractivity contribution < 1.29 is 14.3 Å². The van der Waals surface area contributed by atoms with Crippen LogP contribution in [0.1, 0.15) is 5.82 Å². The van der Waals surface area contributed by atoms with Crippen molar-refractivity contribution >= 4 is 17.7 Å². The van der Waals surface area contributed by atoms with Crippen molar-refractivity contribution in [3.8, 4) is 11.8 Å². The highest BCUT2D eigenvalue weighted by Crippen LogP contribution is 2.14. The second kappa shape index (κ2) is 4.71. The van der Waals surface area contributed by atoms with Crippen molar-refractivity contribution in [2.24, 2.45) is 0 Å². The topological polar surface area (TPSA) is 61.3 Å². The first kappa shape index (κ1) is 10.6. The minimum atomic E-state index is -0.416. The monoisotopic (exact) mass is 213 g/mol. The molecule has 0 fully saturated rings. The van der Waals surface area contributed by atoms with E-state index in [4.69, 9.17) is 9.47 Å². The van der Waals surface area contributed by atoms with Crippen molar-refractivity contribution in [1.29, 1.82) is 0 Å². The van der Waals surface area contributed by atoms with Gasteiger partial charge in [0.05, 0.1) is 20.3 Å². The van der Waals surface area contributed by atoms with E-state index < -0.39 is 5.12 Å². The molecule has 1 aromatic heterocycles. The molecule has 5 nitrogen and oxygen atoms in total. The van der Waals surface area contributed by atoms with E-state index in [0.29, 0.717) is 17.6 Å². The Kier molecular flexibility index (Phi) is 3.58. The number of carbonyl (C=O) groups excluding carboxylic acids is 1. The zero-order valence-corrected chi connectivity index (χ0v) is 8.63. The molecule has 0 spiro atoms. The van der Waals surface area contributed by atoms with E-state index in [1.54, 1.807) is 0 Å². The van der Waals surface area contributed by atoms with E-state index in [9.17, 15) is 4.79 Å². The van der Waals surface area contributed by atoms with Gasteiger partial charge in [0.25, 0.3) is 0 Å². The Labute approximate surface area is 86.9 Å². The van der Waals surface area contributed by atoms with Gasteiger partial charge in [-0.05, 0) is 0 Å². The molecule has 0 radical (unpaired) electrons. The van der Waals surface area contributed by atoms with Crippen LogP contribution in [0.25, 0.3) is 0 Å². The van der Waals surface area contributed by atoms with E-state index in [0.717, 1.165) is 0 Å². The van der Waals surface area contributed by atoms with Crippen LogP contribution in [0.5, 0.6) is 11.8 Å². The van der Waals surface area contributed by atoms with Crippen LogP contribution in [0.3, 0.4) is 0 Å². The van der Waals surface area contributed by atoms with Crippen LogP contribution < -0.4 is 9.47 Å². The predicted octanol–water partition coefficient (Wildman–Crippen LogP) is 0.110. The molecule has 0 unspecified atom stereocenters. The van der Waals surface area contributed by atoms with Gasteiger partial charge in [-0.25, -0.2) is 0 Å². The highest BCUT2D eigenvalue weighted by atomic mass is 32.1. The van der Waals surface area contributed by atoms with Gasteiger partial charge in [0, 0.05) is 11.5 Å². The lowest BCUT2D eigenvalue weighted by atomic mass is 10.4. The molecule has 0 atom stereocenters. The first-order valence-electron chi connectivity index (χ1n) is 3.81.